The Hall–Kier alpha value is -4.44. The fourth-order valence-electron chi connectivity index (χ4n) is 3.38. The summed E-state index contributed by atoms with van der Waals surface area (Å²) in [6.45, 7) is 3.92. The van der Waals surface area contributed by atoms with E-state index < -0.39 is 0 Å². The molecule has 10 nitrogen and oxygen atoms in total. The SMILES string of the molecule is CCN(CC(=O)Nc1ccc(NC(C)=O)cc1)CC(=O)Nc1ccccc1C(=O)NCc1ccco1. The van der Waals surface area contributed by atoms with E-state index in [4.69, 9.17) is 4.42 Å². The summed E-state index contributed by atoms with van der Waals surface area (Å²) in [4.78, 5) is 50.6. The Bertz CT molecular complexity index is 1190. The third-order valence-electron chi connectivity index (χ3n) is 5.12. The molecule has 3 aromatic rings. The van der Waals surface area contributed by atoms with Crippen molar-refractivity contribution in [3.05, 3.63) is 78.3 Å². The second kappa shape index (κ2) is 12.9. The number of nitrogens with zero attached hydrogens (tertiary/aromatic N) is 1. The zero-order valence-electron chi connectivity index (χ0n) is 20.2. The molecule has 0 fully saturated rings. The number of carbonyl (C=O) groups excluding carboxylic acids is 4. The molecule has 36 heavy (non-hydrogen) atoms. The first-order valence-corrected chi connectivity index (χ1v) is 11.4. The summed E-state index contributed by atoms with van der Waals surface area (Å²) in [6.07, 6.45) is 1.53. The molecule has 0 atom stereocenters. The van der Waals surface area contributed by atoms with Gasteiger partial charge in [-0.3, -0.25) is 24.1 Å². The Morgan fingerprint density at radius 3 is 2.06 bits per heavy atom. The van der Waals surface area contributed by atoms with E-state index in [1.165, 1.54) is 13.2 Å². The van der Waals surface area contributed by atoms with Gasteiger partial charge in [0.25, 0.3) is 5.91 Å². The van der Waals surface area contributed by atoms with Gasteiger partial charge in [-0.05, 0) is 55.1 Å². The number of para-hydroxylation sites is 1. The van der Waals surface area contributed by atoms with Gasteiger partial charge in [-0.2, -0.15) is 0 Å². The molecule has 1 aromatic heterocycles. The number of hydrogen-bond donors (Lipinski definition) is 4. The normalized spacial score (nSPS) is 10.5. The Kier molecular flexibility index (Phi) is 9.35. The van der Waals surface area contributed by atoms with E-state index in [0.717, 1.165) is 0 Å². The standard InChI is InChI=1S/C26H29N5O5/c1-3-31(16-24(33)29-20-12-10-19(11-13-20)28-18(2)32)17-25(34)30-23-9-5-4-8-22(23)26(35)27-15-21-7-6-14-36-21/h4-14H,3,15-17H2,1-2H3,(H,27,35)(H,28,32)(H,29,33)(H,30,34). The lowest BCUT2D eigenvalue weighted by Crippen LogP contribution is -2.39. The topological polar surface area (TPSA) is 133 Å². The summed E-state index contributed by atoms with van der Waals surface area (Å²) in [5.41, 5.74) is 1.89. The second-order valence-electron chi connectivity index (χ2n) is 7.97. The van der Waals surface area contributed by atoms with Gasteiger partial charge in [-0.15, -0.1) is 0 Å². The maximum atomic E-state index is 12.7. The largest absolute Gasteiger partial charge is 0.467 e. The monoisotopic (exact) mass is 491 g/mol. The highest BCUT2D eigenvalue weighted by atomic mass is 16.3. The van der Waals surface area contributed by atoms with Crippen molar-refractivity contribution in [2.45, 2.75) is 20.4 Å². The predicted octanol–water partition coefficient (Wildman–Crippen LogP) is 3.07. The molecule has 0 unspecified atom stereocenters. The van der Waals surface area contributed by atoms with Crippen LogP contribution in [0, 0.1) is 0 Å². The lowest BCUT2D eigenvalue weighted by molar-refractivity contribution is -0.120. The molecule has 2 aromatic carbocycles. The van der Waals surface area contributed by atoms with E-state index in [-0.39, 0.29) is 43.3 Å². The van der Waals surface area contributed by atoms with Gasteiger partial charge in [0.15, 0.2) is 0 Å². The van der Waals surface area contributed by atoms with E-state index in [0.29, 0.717) is 34.9 Å². The Morgan fingerprint density at radius 2 is 1.44 bits per heavy atom. The van der Waals surface area contributed by atoms with Crippen molar-refractivity contribution >= 4 is 40.7 Å². The van der Waals surface area contributed by atoms with Crippen LogP contribution >= 0.6 is 0 Å². The van der Waals surface area contributed by atoms with E-state index in [9.17, 15) is 19.2 Å². The molecular weight excluding hydrogens is 462 g/mol. The molecule has 0 saturated heterocycles. The number of anilines is 3. The van der Waals surface area contributed by atoms with Gasteiger partial charge in [-0.25, -0.2) is 0 Å². The molecule has 0 aliphatic rings. The molecule has 0 spiro atoms. The highest BCUT2D eigenvalue weighted by Crippen LogP contribution is 2.16. The van der Waals surface area contributed by atoms with Crippen molar-refractivity contribution in [3.63, 3.8) is 0 Å². The minimum Gasteiger partial charge on any atom is -0.467 e. The van der Waals surface area contributed by atoms with Crippen LogP contribution in [0.4, 0.5) is 17.1 Å². The van der Waals surface area contributed by atoms with Crippen LogP contribution in [0.1, 0.15) is 30.0 Å². The van der Waals surface area contributed by atoms with Crippen molar-refractivity contribution in [2.75, 3.05) is 35.6 Å². The first-order valence-electron chi connectivity index (χ1n) is 11.4. The molecule has 0 radical (unpaired) electrons. The second-order valence-corrected chi connectivity index (χ2v) is 7.97. The molecule has 3 rings (SSSR count). The molecule has 188 valence electrons. The third kappa shape index (κ3) is 8.10. The summed E-state index contributed by atoms with van der Waals surface area (Å²) < 4.78 is 5.22. The van der Waals surface area contributed by atoms with Crippen LogP contribution in [-0.4, -0.2) is 48.2 Å². The maximum absolute atomic E-state index is 12.7. The molecule has 0 aliphatic carbocycles. The van der Waals surface area contributed by atoms with Crippen LogP contribution in [0.5, 0.6) is 0 Å². The Balaban J connectivity index is 1.52. The first-order chi connectivity index (χ1) is 17.3. The Morgan fingerprint density at radius 1 is 0.806 bits per heavy atom. The summed E-state index contributed by atoms with van der Waals surface area (Å²) in [7, 11) is 0. The van der Waals surface area contributed by atoms with E-state index in [1.54, 1.807) is 65.6 Å². The summed E-state index contributed by atoms with van der Waals surface area (Å²) in [5.74, 6) is -0.546. The van der Waals surface area contributed by atoms with Gasteiger partial charge in [0.1, 0.15) is 5.76 Å². The summed E-state index contributed by atoms with van der Waals surface area (Å²) in [6, 6.07) is 16.9. The van der Waals surface area contributed by atoms with Crippen molar-refractivity contribution in [1.82, 2.24) is 10.2 Å². The van der Waals surface area contributed by atoms with Crippen LogP contribution in [0.2, 0.25) is 0 Å². The zero-order valence-corrected chi connectivity index (χ0v) is 20.2. The van der Waals surface area contributed by atoms with Crippen molar-refractivity contribution in [3.8, 4) is 0 Å². The average molecular weight is 492 g/mol. The summed E-state index contributed by atoms with van der Waals surface area (Å²) in [5, 5.41) is 11.0. The molecule has 0 saturated carbocycles. The summed E-state index contributed by atoms with van der Waals surface area (Å²) >= 11 is 0. The minimum absolute atomic E-state index is 0.00263. The van der Waals surface area contributed by atoms with Crippen LogP contribution in [0.3, 0.4) is 0 Å². The number of amides is 4. The number of carbonyl (C=O) groups is 4. The van der Waals surface area contributed by atoms with E-state index in [2.05, 4.69) is 21.3 Å². The number of nitrogens with one attached hydrogen (secondary N) is 4. The molecule has 1 heterocycles. The smallest absolute Gasteiger partial charge is 0.253 e. The molecule has 4 amide bonds. The number of hydrogen-bond acceptors (Lipinski definition) is 6. The molecular formula is C26H29N5O5. The van der Waals surface area contributed by atoms with Crippen LogP contribution in [-0.2, 0) is 20.9 Å². The van der Waals surface area contributed by atoms with E-state index >= 15 is 0 Å². The molecule has 0 aliphatic heterocycles. The molecule has 4 N–H and O–H groups in total. The van der Waals surface area contributed by atoms with Gasteiger partial charge in [-0.1, -0.05) is 19.1 Å². The Labute approximate surface area is 209 Å². The number of benzene rings is 2. The molecule has 10 heteroatoms. The van der Waals surface area contributed by atoms with E-state index in [1.807, 2.05) is 6.92 Å². The van der Waals surface area contributed by atoms with Crippen LogP contribution in [0.25, 0.3) is 0 Å². The zero-order chi connectivity index (χ0) is 25.9. The maximum Gasteiger partial charge on any atom is 0.253 e. The first kappa shape index (κ1) is 26.2. The van der Waals surface area contributed by atoms with Gasteiger partial charge in [0.05, 0.1) is 37.1 Å². The van der Waals surface area contributed by atoms with Crippen molar-refractivity contribution in [1.29, 1.82) is 0 Å². The fourth-order valence-corrected chi connectivity index (χ4v) is 3.38. The van der Waals surface area contributed by atoms with Crippen LogP contribution in [0.15, 0.2) is 71.3 Å². The van der Waals surface area contributed by atoms with Gasteiger partial charge in [0, 0.05) is 18.3 Å². The number of likely N-dealkylation sites (N-methyl/N-ethyl adjacent to an activating group) is 1. The lowest BCUT2D eigenvalue weighted by atomic mass is 10.1. The lowest BCUT2D eigenvalue weighted by Gasteiger charge is -2.20. The van der Waals surface area contributed by atoms with Gasteiger partial charge >= 0.3 is 0 Å². The molecule has 0 bridgehead atoms. The van der Waals surface area contributed by atoms with Crippen molar-refractivity contribution in [2.24, 2.45) is 0 Å². The highest BCUT2D eigenvalue weighted by Gasteiger charge is 2.17. The van der Waals surface area contributed by atoms with Crippen molar-refractivity contribution < 1.29 is 23.6 Å². The van der Waals surface area contributed by atoms with Gasteiger partial charge in [0.2, 0.25) is 17.7 Å². The predicted molar refractivity (Wildman–Crippen MR) is 136 cm³/mol. The third-order valence-corrected chi connectivity index (χ3v) is 5.12. The van der Waals surface area contributed by atoms with Gasteiger partial charge < -0.3 is 25.7 Å². The number of furan rings is 1. The average Bonchev–Trinajstić information content (AvgIpc) is 3.37. The minimum atomic E-state index is -0.351. The number of rotatable bonds is 11. The van der Waals surface area contributed by atoms with Crippen LogP contribution < -0.4 is 21.3 Å². The highest BCUT2D eigenvalue weighted by molar-refractivity contribution is 6.04. The quantitative estimate of drug-likeness (QED) is 0.326. The fraction of sp³-hybridized carbons (Fsp3) is 0.231.